The van der Waals surface area contributed by atoms with Gasteiger partial charge in [-0.25, -0.2) is 4.98 Å². The zero-order chi connectivity index (χ0) is 18.5. The number of likely N-dealkylation sites (tertiary alicyclic amines) is 1. The van der Waals surface area contributed by atoms with E-state index in [1.54, 1.807) is 35.6 Å². The molecule has 7 heteroatoms. The van der Waals surface area contributed by atoms with E-state index in [0.717, 1.165) is 19.6 Å². The summed E-state index contributed by atoms with van der Waals surface area (Å²) in [4.78, 5) is 19.0. The van der Waals surface area contributed by atoms with Crippen molar-refractivity contribution in [3.63, 3.8) is 0 Å². The molecule has 1 amide bonds. The number of nitrogens with zero attached hydrogens (tertiary/aromatic N) is 5. The van der Waals surface area contributed by atoms with Crippen molar-refractivity contribution >= 4 is 5.91 Å². The van der Waals surface area contributed by atoms with Gasteiger partial charge < -0.3 is 10.2 Å². The third kappa shape index (κ3) is 4.20. The predicted molar refractivity (Wildman–Crippen MR) is 102 cm³/mol. The van der Waals surface area contributed by atoms with Gasteiger partial charge >= 0.3 is 0 Å². The van der Waals surface area contributed by atoms with Crippen molar-refractivity contribution in [1.82, 2.24) is 30.0 Å². The Morgan fingerprint density at radius 2 is 1.93 bits per heavy atom. The average Bonchev–Trinajstić information content (AvgIpc) is 3.41. The Bertz CT molecular complexity index is 863. The lowest BCUT2D eigenvalue weighted by Gasteiger charge is -2.16. The van der Waals surface area contributed by atoms with Crippen LogP contribution in [0.3, 0.4) is 0 Å². The van der Waals surface area contributed by atoms with E-state index in [0.29, 0.717) is 23.8 Å². The zero-order valence-corrected chi connectivity index (χ0v) is 15.0. The summed E-state index contributed by atoms with van der Waals surface area (Å²) in [7, 11) is 0. The number of aromatic nitrogens is 4. The predicted octanol–water partition coefficient (Wildman–Crippen LogP) is 1.88. The number of amides is 1. The molecule has 7 nitrogen and oxygen atoms in total. The Morgan fingerprint density at radius 3 is 2.67 bits per heavy atom. The maximum absolute atomic E-state index is 12.3. The van der Waals surface area contributed by atoms with Gasteiger partial charge in [-0.3, -0.25) is 9.36 Å². The largest absolute Gasteiger partial charge is 0.351 e. The highest BCUT2D eigenvalue weighted by Crippen LogP contribution is 2.26. The maximum atomic E-state index is 12.3. The van der Waals surface area contributed by atoms with Crippen molar-refractivity contribution in [2.45, 2.75) is 12.3 Å². The molecule has 2 aromatic heterocycles. The van der Waals surface area contributed by atoms with Crippen LogP contribution in [0.25, 0.3) is 5.82 Å². The fourth-order valence-corrected chi connectivity index (χ4v) is 3.45. The molecule has 1 N–H and O–H groups in total. The first-order valence-electron chi connectivity index (χ1n) is 9.16. The standard InChI is InChI=1S/C20H22N6O/c27-20(17-6-7-19(22-12-17)26-14-23-24-15-26)21-9-11-25-10-8-18(13-25)16-4-2-1-3-5-16/h1-7,12,14-15,18H,8-11,13H2,(H,21,27)/t18-/m1/s1. The van der Waals surface area contributed by atoms with Gasteiger partial charge in [0.2, 0.25) is 0 Å². The third-order valence-electron chi connectivity index (χ3n) is 4.95. The molecule has 3 heterocycles. The van der Waals surface area contributed by atoms with E-state index in [4.69, 9.17) is 0 Å². The van der Waals surface area contributed by atoms with E-state index in [2.05, 4.69) is 55.7 Å². The van der Waals surface area contributed by atoms with Crippen molar-refractivity contribution in [2.75, 3.05) is 26.2 Å². The van der Waals surface area contributed by atoms with E-state index >= 15 is 0 Å². The van der Waals surface area contributed by atoms with E-state index in [1.165, 1.54) is 12.0 Å². The molecule has 0 radical (unpaired) electrons. The summed E-state index contributed by atoms with van der Waals surface area (Å²) in [5, 5.41) is 10.5. The van der Waals surface area contributed by atoms with Crippen LogP contribution in [0.4, 0.5) is 0 Å². The lowest BCUT2D eigenvalue weighted by Crippen LogP contribution is -2.33. The molecule has 138 valence electrons. The van der Waals surface area contributed by atoms with Gasteiger partial charge in [-0.05, 0) is 36.6 Å². The topological polar surface area (TPSA) is 75.9 Å². The van der Waals surface area contributed by atoms with Gasteiger partial charge in [-0.1, -0.05) is 30.3 Å². The SMILES string of the molecule is O=C(NCCN1CC[C@@H](c2ccccc2)C1)c1ccc(-n2cnnc2)nc1. The first-order chi connectivity index (χ1) is 13.3. The van der Waals surface area contributed by atoms with Crippen LogP contribution in [0, 0.1) is 0 Å². The molecule has 4 rings (SSSR count). The van der Waals surface area contributed by atoms with Crippen LogP contribution in [0.1, 0.15) is 28.3 Å². The Balaban J connectivity index is 1.24. The molecular weight excluding hydrogens is 340 g/mol. The summed E-state index contributed by atoms with van der Waals surface area (Å²) >= 11 is 0. The Hall–Kier alpha value is -3.06. The van der Waals surface area contributed by atoms with Crippen molar-refractivity contribution in [3.05, 3.63) is 72.4 Å². The number of carbonyl (C=O) groups excluding carboxylic acids is 1. The Labute approximate surface area is 158 Å². The summed E-state index contributed by atoms with van der Waals surface area (Å²) in [5.74, 6) is 1.17. The van der Waals surface area contributed by atoms with Crippen LogP contribution in [-0.2, 0) is 0 Å². The van der Waals surface area contributed by atoms with E-state index < -0.39 is 0 Å². The Morgan fingerprint density at radius 1 is 1.11 bits per heavy atom. The number of pyridine rings is 1. The molecule has 1 saturated heterocycles. The summed E-state index contributed by atoms with van der Waals surface area (Å²) in [6.45, 7) is 3.62. The molecule has 0 bridgehead atoms. The van der Waals surface area contributed by atoms with E-state index in [-0.39, 0.29) is 5.91 Å². The van der Waals surface area contributed by atoms with E-state index in [9.17, 15) is 4.79 Å². The molecule has 1 atom stereocenters. The summed E-state index contributed by atoms with van der Waals surface area (Å²) in [6.07, 6.45) is 5.89. The minimum atomic E-state index is -0.100. The first-order valence-corrected chi connectivity index (χ1v) is 9.16. The van der Waals surface area contributed by atoms with E-state index in [1.807, 2.05) is 0 Å². The summed E-state index contributed by atoms with van der Waals surface area (Å²) < 4.78 is 1.69. The van der Waals surface area contributed by atoms with Crippen molar-refractivity contribution in [3.8, 4) is 5.82 Å². The fourth-order valence-electron chi connectivity index (χ4n) is 3.45. The number of nitrogens with one attached hydrogen (secondary N) is 1. The smallest absolute Gasteiger partial charge is 0.252 e. The second-order valence-electron chi connectivity index (χ2n) is 6.73. The number of rotatable bonds is 6. The van der Waals surface area contributed by atoms with Gasteiger partial charge in [0.1, 0.15) is 18.5 Å². The number of hydrogen-bond acceptors (Lipinski definition) is 5. The minimum absolute atomic E-state index is 0.100. The minimum Gasteiger partial charge on any atom is -0.351 e. The average molecular weight is 362 g/mol. The van der Waals surface area contributed by atoms with Gasteiger partial charge in [0.25, 0.3) is 5.91 Å². The normalized spacial score (nSPS) is 17.1. The molecule has 0 unspecified atom stereocenters. The molecule has 1 aliphatic heterocycles. The van der Waals surface area contributed by atoms with Crippen LogP contribution < -0.4 is 5.32 Å². The lowest BCUT2D eigenvalue weighted by molar-refractivity contribution is 0.0949. The monoisotopic (exact) mass is 362 g/mol. The molecule has 3 aromatic rings. The number of hydrogen-bond donors (Lipinski definition) is 1. The molecule has 0 saturated carbocycles. The van der Waals surface area contributed by atoms with Crippen LogP contribution in [0.2, 0.25) is 0 Å². The third-order valence-corrected chi connectivity index (χ3v) is 4.95. The molecular formula is C20H22N6O. The second kappa shape index (κ2) is 8.09. The zero-order valence-electron chi connectivity index (χ0n) is 15.0. The van der Waals surface area contributed by atoms with Gasteiger partial charge in [-0.2, -0.15) is 0 Å². The van der Waals surface area contributed by atoms with Crippen LogP contribution in [0.5, 0.6) is 0 Å². The van der Waals surface area contributed by atoms with Gasteiger partial charge in [0, 0.05) is 25.8 Å². The van der Waals surface area contributed by atoms with Gasteiger partial charge in [0.15, 0.2) is 0 Å². The fraction of sp³-hybridized carbons (Fsp3) is 0.300. The van der Waals surface area contributed by atoms with Crippen molar-refractivity contribution in [2.24, 2.45) is 0 Å². The molecule has 27 heavy (non-hydrogen) atoms. The lowest BCUT2D eigenvalue weighted by atomic mass is 9.99. The summed E-state index contributed by atoms with van der Waals surface area (Å²) in [5.41, 5.74) is 1.96. The molecule has 0 aliphatic carbocycles. The van der Waals surface area contributed by atoms with Gasteiger partial charge in [-0.15, -0.1) is 10.2 Å². The van der Waals surface area contributed by atoms with Crippen LogP contribution >= 0.6 is 0 Å². The molecule has 0 spiro atoms. The van der Waals surface area contributed by atoms with Crippen molar-refractivity contribution < 1.29 is 4.79 Å². The molecule has 1 aromatic carbocycles. The van der Waals surface area contributed by atoms with Crippen LogP contribution in [-0.4, -0.2) is 56.7 Å². The maximum Gasteiger partial charge on any atom is 0.252 e. The number of carbonyl (C=O) groups is 1. The molecule has 1 aliphatic rings. The quantitative estimate of drug-likeness (QED) is 0.725. The Kier molecular flexibility index (Phi) is 5.20. The highest BCUT2D eigenvalue weighted by Gasteiger charge is 2.23. The summed E-state index contributed by atoms with van der Waals surface area (Å²) in [6, 6.07) is 14.2. The van der Waals surface area contributed by atoms with Crippen molar-refractivity contribution in [1.29, 1.82) is 0 Å². The van der Waals surface area contributed by atoms with Crippen LogP contribution in [0.15, 0.2) is 61.3 Å². The first kappa shape index (κ1) is 17.4. The molecule has 1 fully saturated rings. The second-order valence-corrected chi connectivity index (χ2v) is 6.73. The highest BCUT2D eigenvalue weighted by atomic mass is 16.1. The number of benzene rings is 1. The highest BCUT2D eigenvalue weighted by molar-refractivity contribution is 5.93. The van der Waals surface area contributed by atoms with Gasteiger partial charge in [0.05, 0.1) is 5.56 Å².